The molecule has 0 radical (unpaired) electrons. The van der Waals surface area contributed by atoms with Crippen molar-refractivity contribution in [3.63, 3.8) is 0 Å². The zero-order chi connectivity index (χ0) is 19.0. The van der Waals surface area contributed by atoms with E-state index in [4.69, 9.17) is 9.94 Å². The first kappa shape index (κ1) is 17.5. The Labute approximate surface area is 157 Å². The third kappa shape index (κ3) is 2.96. The van der Waals surface area contributed by atoms with Gasteiger partial charge in [0.2, 0.25) is 5.91 Å². The van der Waals surface area contributed by atoms with Gasteiger partial charge in [-0.05, 0) is 73.2 Å². The van der Waals surface area contributed by atoms with Gasteiger partial charge in [0.25, 0.3) is 5.91 Å². The number of hydrogen-bond donors (Lipinski definition) is 2. The summed E-state index contributed by atoms with van der Waals surface area (Å²) >= 11 is 0. The van der Waals surface area contributed by atoms with E-state index in [1.165, 1.54) is 0 Å². The SMILES string of the molecule is COc1ccc(N2CC[C@]3(CCc4cc(C(=O)NO)ccc4C3)C2=O)cc1. The fraction of sp³-hybridized carbons (Fsp3) is 0.333. The molecule has 0 aromatic heterocycles. The number of carbonyl (C=O) groups excluding carboxylic acids is 2. The van der Waals surface area contributed by atoms with Crippen LogP contribution in [0.1, 0.15) is 34.3 Å². The van der Waals surface area contributed by atoms with Crippen LogP contribution in [0.2, 0.25) is 0 Å². The molecule has 1 fully saturated rings. The van der Waals surface area contributed by atoms with Gasteiger partial charge in [0, 0.05) is 17.8 Å². The minimum Gasteiger partial charge on any atom is -0.497 e. The number of nitrogens with one attached hydrogen (secondary N) is 1. The Hall–Kier alpha value is -2.86. The van der Waals surface area contributed by atoms with Gasteiger partial charge in [-0.25, -0.2) is 5.48 Å². The van der Waals surface area contributed by atoms with E-state index in [2.05, 4.69) is 0 Å². The number of fused-ring (bicyclic) bond motifs is 1. The largest absolute Gasteiger partial charge is 0.497 e. The number of rotatable bonds is 3. The molecular formula is C21H22N2O4. The van der Waals surface area contributed by atoms with Crippen LogP contribution < -0.4 is 15.1 Å². The van der Waals surface area contributed by atoms with Gasteiger partial charge in [-0.15, -0.1) is 0 Å². The van der Waals surface area contributed by atoms with Crippen molar-refractivity contribution < 1.29 is 19.5 Å². The van der Waals surface area contributed by atoms with Gasteiger partial charge in [-0.2, -0.15) is 0 Å². The van der Waals surface area contributed by atoms with Crippen LogP contribution >= 0.6 is 0 Å². The molecule has 27 heavy (non-hydrogen) atoms. The van der Waals surface area contributed by atoms with Crippen LogP contribution in [-0.2, 0) is 17.6 Å². The summed E-state index contributed by atoms with van der Waals surface area (Å²) in [5.74, 6) is 0.436. The lowest BCUT2D eigenvalue weighted by molar-refractivity contribution is -0.126. The summed E-state index contributed by atoms with van der Waals surface area (Å²) in [4.78, 5) is 26.8. The lowest BCUT2D eigenvalue weighted by atomic mass is 9.70. The van der Waals surface area contributed by atoms with Crippen molar-refractivity contribution >= 4 is 17.5 Å². The van der Waals surface area contributed by atoms with Crippen LogP contribution in [0.3, 0.4) is 0 Å². The molecule has 6 nitrogen and oxygen atoms in total. The molecule has 0 bridgehead atoms. The van der Waals surface area contributed by atoms with Crippen molar-refractivity contribution in [1.29, 1.82) is 0 Å². The molecule has 140 valence electrons. The number of methoxy groups -OCH3 is 1. The number of benzene rings is 2. The third-order valence-electron chi connectivity index (χ3n) is 5.87. The monoisotopic (exact) mass is 366 g/mol. The first-order valence-electron chi connectivity index (χ1n) is 9.08. The van der Waals surface area contributed by atoms with Crippen LogP contribution in [0.4, 0.5) is 5.69 Å². The number of carbonyl (C=O) groups is 2. The van der Waals surface area contributed by atoms with E-state index in [-0.39, 0.29) is 11.3 Å². The van der Waals surface area contributed by atoms with Gasteiger partial charge in [-0.3, -0.25) is 14.8 Å². The molecule has 0 unspecified atom stereocenters. The molecule has 1 saturated heterocycles. The number of amides is 2. The average molecular weight is 366 g/mol. The van der Waals surface area contributed by atoms with Gasteiger partial charge >= 0.3 is 0 Å². The minimum absolute atomic E-state index is 0.176. The molecule has 1 spiro atoms. The third-order valence-corrected chi connectivity index (χ3v) is 5.87. The molecule has 1 aliphatic carbocycles. The van der Waals surface area contributed by atoms with Crippen LogP contribution in [-0.4, -0.2) is 30.7 Å². The van der Waals surface area contributed by atoms with E-state index < -0.39 is 5.91 Å². The smallest absolute Gasteiger partial charge is 0.274 e. The van der Waals surface area contributed by atoms with Gasteiger partial charge in [0.15, 0.2) is 0 Å². The molecule has 2 amide bonds. The van der Waals surface area contributed by atoms with Crippen LogP contribution in [0.15, 0.2) is 42.5 Å². The second-order valence-corrected chi connectivity index (χ2v) is 7.29. The highest BCUT2D eigenvalue weighted by molar-refractivity contribution is 6.00. The summed E-state index contributed by atoms with van der Waals surface area (Å²) in [6, 6.07) is 13.0. The fourth-order valence-electron chi connectivity index (χ4n) is 4.29. The number of hydroxylamine groups is 1. The van der Waals surface area contributed by atoms with Crippen molar-refractivity contribution in [3.05, 3.63) is 59.2 Å². The number of aryl methyl sites for hydroxylation is 1. The van der Waals surface area contributed by atoms with E-state index in [9.17, 15) is 9.59 Å². The van der Waals surface area contributed by atoms with Crippen LogP contribution in [0, 0.1) is 5.41 Å². The molecule has 1 aliphatic heterocycles. The summed E-state index contributed by atoms with van der Waals surface area (Å²) < 4.78 is 5.19. The highest BCUT2D eigenvalue weighted by Gasteiger charge is 2.48. The first-order valence-corrected chi connectivity index (χ1v) is 9.08. The van der Waals surface area contributed by atoms with Crippen molar-refractivity contribution in [1.82, 2.24) is 5.48 Å². The number of anilines is 1. The van der Waals surface area contributed by atoms with Crippen LogP contribution in [0.5, 0.6) is 5.75 Å². The Morgan fingerprint density at radius 1 is 1.15 bits per heavy atom. The summed E-state index contributed by atoms with van der Waals surface area (Å²) in [6.45, 7) is 0.714. The van der Waals surface area contributed by atoms with Gasteiger partial charge in [0.05, 0.1) is 12.5 Å². The number of nitrogens with zero attached hydrogens (tertiary/aromatic N) is 1. The van der Waals surface area contributed by atoms with E-state index in [0.29, 0.717) is 18.5 Å². The van der Waals surface area contributed by atoms with Crippen molar-refractivity contribution in [2.24, 2.45) is 5.41 Å². The predicted octanol–water partition coefficient (Wildman–Crippen LogP) is 2.73. The Balaban J connectivity index is 1.57. The van der Waals surface area contributed by atoms with Crippen molar-refractivity contribution in [2.45, 2.75) is 25.7 Å². The predicted molar refractivity (Wildman–Crippen MR) is 100 cm³/mol. The van der Waals surface area contributed by atoms with E-state index in [1.807, 2.05) is 41.3 Å². The molecule has 1 atom stereocenters. The Morgan fingerprint density at radius 2 is 1.93 bits per heavy atom. The highest BCUT2D eigenvalue weighted by Crippen LogP contribution is 2.45. The first-order chi connectivity index (χ1) is 13.1. The zero-order valence-electron chi connectivity index (χ0n) is 15.2. The Bertz CT molecular complexity index is 894. The maximum Gasteiger partial charge on any atom is 0.274 e. The fourth-order valence-corrected chi connectivity index (χ4v) is 4.29. The lowest BCUT2D eigenvalue weighted by Gasteiger charge is -2.33. The summed E-state index contributed by atoms with van der Waals surface area (Å²) in [7, 11) is 1.63. The molecule has 4 rings (SSSR count). The maximum absolute atomic E-state index is 13.3. The normalized spacial score (nSPS) is 21.3. The van der Waals surface area contributed by atoms with Crippen molar-refractivity contribution in [3.8, 4) is 5.75 Å². The summed E-state index contributed by atoms with van der Waals surface area (Å²) in [5, 5.41) is 8.81. The molecule has 2 aliphatic rings. The Kier molecular flexibility index (Phi) is 4.36. The summed E-state index contributed by atoms with van der Waals surface area (Å²) in [5.41, 5.74) is 4.83. The van der Waals surface area contributed by atoms with Crippen molar-refractivity contribution in [2.75, 3.05) is 18.6 Å². The number of ether oxygens (including phenoxy) is 1. The maximum atomic E-state index is 13.3. The molecule has 2 aromatic carbocycles. The topological polar surface area (TPSA) is 78.9 Å². The van der Waals surface area contributed by atoms with Gasteiger partial charge in [0.1, 0.15) is 5.75 Å². The summed E-state index contributed by atoms with van der Waals surface area (Å²) in [6.07, 6.45) is 3.05. The Morgan fingerprint density at radius 3 is 2.63 bits per heavy atom. The lowest BCUT2D eigenvalue weighted by Crippen LogP contribution is -2.38. The minimum atomic E-state index is -0.513. The van der Waals surface area contributed by atoms with E-state index in [0.717, 1.165) is 41.8 Å². The standard InChI is InChI=1S/C21H22N2O4/c1-27-18-6-4-17(5-7-18)23-11-10-21(20(23)25)9-8-14-12-15(19(24)22-26)2-3-16(14)13-21/h2-7,12,26H,8-11,13H2,1H3,(H,22,24)/t21-/m0/s1. The quantitative estimate of drug-likeness (QED) is 0.647. The highest BCUT2D eigenvalue weighted by atomic mass is 16.5. The van der Waals surface area contributed by atoms with Gasteiger partial charge in [-0.1, -0.05) is 6.07 Å². The molecule has 2 aromatic rings. The molecule has 0 saturated carbocycles. The molecule has 6 heteroatoms. The number of hydrogen-bond acceptors (Lipinski definition) is 4. The average Bonchev–Trinajstić information content (AvgIpc) is 3.02. The van der Waals surface area contributed by atoms with E-state index in [1.54, 1.807) is 18.7 Å². The molecular weight excluding hydrogens is 344 g/mol. The molecule has 1 heterocycles. The second kappa shape index (κ2) is 6.70. The molecule has 2 N–H and O–H groups in total. The zero-order valence-corrected chi connectivity index (χ0v) is 15.2. The second-order valence-electron chi connectivity index (χ2n) is 7.29. The van der Waals surface area contributed by atoms with Gasteiger partial charge < -0.3 is 9.64 Å². The van der Waals surface area contributed by atoms with E-state index >= 15 is 0 Å². The van der Waals surface area contributed by atoms with Crippen LogP contribution in [0.25, 0.3) is 0 Å².